The molecule has 0 aromatic heterocycles. The fraction of sp³-hybridized carbons (Fsp3) is 0.190. The van der Waals surface area contributed by atoms with Crippen LogP contribution in [-0.4, -0.2) is 27.9 Å². The van der Waals surface area contributed by atoms with E-state index in [4.69, 9.17) is 4.74 Å². The van der Waals surface area contributed by atoms with Crippen LogP contribution in [-0.2, 0) is 14.3 Å². The molecule has 2 heterocycles. The maximum Gasteiger partial charge on any atom is 0.357 e. The summed E-state index contributed by atoms with van der Waals surface area (Å²) in [6.45, 7) is 0. The van der Waals surface area contributed by atoms with Crippen molar-refractivity contribution in [2.24, 2.45) is 0 Å². The van der Waals surface area contributed by atoms with E-state index in [1.807, 2.05) is 60.7 Å². The maximum absolute atomic E-state index is 13.0. The molecule has 1 amide bonds. The molecule has 6 heteroatoms. The van der Waals surface area contributed by atoms with Gasteiger partial charge in [0.2, 0.25) is 5.91 Å². The third-order valence-electron chi connectivity index (χ3n) is 4.61. The van der Waals surface area contributed by atoms with Crippen molar-refractivity contribution < 1.29 is 14.3 Å². The predicted octanol–water partition coefficient (Wildman–Crippen LogP) is 3.40. The number of carbonyl (C=O) groups excluding carboxylic acids is 2. The van der Waals surface area contributed by atoms with Gasteiger partial charge in [-0.15, -0.1) is 11.8 Å². The summed E-state index contributed by atoms with van der Waals surface area (Å²) in [5, 5.41) is 9.35. The zero-order chi connectivity index (χ0) is 18.8. The number of amides is 1. The second-order valence-electron chi connectivity index (χ2n) is 6.28. The summed E-state index contributed by atoms with van der Waals surface area (Å²) in [4.78, 5) is 26.5. The molecule has 1 fully saturated rings. The van der Waals surface area contributed by atoms with Crippen LogP contribution in [0.2, 0.25) is 0 Å². The summed E-state index contributed by atoms with van der Waals surface area (Å²) in [6, 6.07) is 20.9. The van der Waals surface area contributed by atoms with Gasteiger partial charge < -0.3 is 4.74 Å². The van der Waals surface area contributed by atoms with Gasteiger partial charge in [-0.25, -0.2) is 4.79 Å². The predicted molar refractivity (Wildman–Crippen MR) is 101 cm³/mol. The van der Waals surface area contributed by atoms with Gasteiger partial charge in [0, 0.05) is 5.75 Å². The fourth-order valence-corrected chi connectivity index (χ4v) is 4.43. The molecule has 0 spiro atoms. The van der Waals surface area contributed by atoms with Crippen LogP contribution in [0.3, 0.4) is 0 Å². The molecule has 27 heavy (non-hydrogen) atoms. The normalized spacial score (nSPS) is 18.6. The second-order valence-corrected chi connectivity index (χ2v) is 7.45. The highest BCUT2D eigenvalue weighted by molar-refractivity contribution is 8.00. The number of β-lactam (4-membered cyclic amide) rings is 1. The molecule has 0 aliphatic carbocycles. The molecule has 1 atom stereocenters. The lowest BCUT2D eigenvalue weighted by Crippen LogP contribution is -2.54. The Labute approximate surface area is 161 Å². The van der Waals surface area contributed by atoms with Crippen LogP contribution in [0.1, 0.15) is 23.7 Å². The van der Waals surface area contributed by atoms with Crippen LogP contribution in [0.25, 0.3) is 0 Å². The average Bonchev–Trinajstić information content (AvgIpc) is 2.71. The summed E-state index contributed by atoms with van der Waals surface area (Å²) in [5.74, 6) is -0.373. The van der Waals surface area contributed by atoms with E-state index >= 15 is 0 Å². The molecule has 0 radical (unpaired) electrons. The van der Waals surface area contributed by atoms with E-state index in [-0.39, 0.29) is 22.6 Å². The minimum Gasteiger partial charge on any atom is -0.448 e. The number of nitriles is 1. The van der Waals surface area contributed by atoms with Gasteiger partial charge in [-0.1, -0.05) is 60.7 Å². The molecule has 1 saturated heterocycles. The lowest BCUT2D eigenvalue weighted by atomic mass is 10.0. The van der Waals surface area contributed by atoms with Crippen LogP contribution in [0.15, 0.2) is 71.9 Å². The Balaban J connectivity index is 1.69. The van der Waals surface area contributed by atoms with Crippen molar-refractivity contribution in [2.45, 2.75) is 17.9 Å². The van der Waals surface area contributed by atoms with Crippen LogP contribution in [0.5, 0.6) is 0 Å². The first-order valence-corrected chi connectivity index (χ1v) is 9.61. The molecule has 2 aliphatic rings. The van der Waals surface area contributed by atoms with Gasteiger partial charge in [0.05, 0.1) is 23.4 Å². The van der Waals surface area contributed by atoms with Gasteiger partial charge in [0.1, 0.15) is 5.70 Å². The zero-order valence-electron chi connectivity index (χ0n) is 14.4. The first kappa shape index (κ1) is 17.4. The van der Waals surface area contributed by atoms with Gasteiger partial charge in [0.15, 0.2) is 6.10 Å². The Morgan fingerprint density at radius 3 is 2.22 bits per heavy atom. The second kappa shape index (κ2) is 7.29. The molecular formula is C21H16N2O3S. The molecule has 2 aliphatic heterocycles. The third-order valence-corrected chi connectivity index (χ3v) is 5.83. The van der Waals surface area contributed by atoms with Gasteiger partial charge in [-0.2, -0.15) is 5.26 Å². The zero-order valence-corrected chi connectivity index (χ0v) is 15.2. The standard InChI is InChI=1S/C21H16N2O3S/c22-12-16-13-27-18-11-17(24)23(18)19(16)21(25)26-20(14-7-3-1-4-8-14)15-9-5-2-6-10-15/h1-10,18,20H,11,13H2/t18-/m0/s1. The number of thioether (sulfide) groups is 1. The number of ether oxygens (including phenoxy) is 1. The Morgan fingerprint density at radius 1 is 1.11 bits per heavy atom. The Bertz CT molecular complexity index is 911. The summed E-state index contributed by atoms with van der Waals surface area (Å²) in [7, 11) is 0. The van der Waals surface area contributed by atoms with Crippen LogP contribution >= 0.6 is 11.8 Å². The summed E-state index contributed by atoms with van der Waals surface area (Å²) >= 11 is 1.50. The van der Waals surface area contributed by atoms with Gasteiger partial charge in [-0.05, 0) is 11.1 Å². The van der Waals surface area contributed by atoms with E-state index in [0.717, 1.165) is 11.1 Å². The number of carbonyl (C=O) groups is 2. The molecule has 4 rings (SSSR count). The minimum absolute atomic E-state index is 0.0796. The highest BCUT2D eigenvalue weighted by Crippen LogP contribution is 2.40. The Kier molecular flexibility index (Phi) is 4.69. The Morgan fingerprint density at radius 2 is 1.70 bits per heavy atom. The smallest absolute Gasteiger partial charge is 0.357 e. The lowest BCUT2D eigenvalue weighted by molar-refractivity contribution is -0.151. The van der Waals surface area contributed by atoms with E-state index in [1.165, 1.54) is 16.7 Å². The number of nitrogens with zero attached hydrogens (tertiary/aromatic N) is 2. The highest BCUT2D eigenvalue weighted by Gasteiger charge is 2.46. The summed E-state index contributed by atoms with van der Waals surface area (Å²) in [5.41, 5.74) is 2.03. The molecule has 0 N–H and O–H groups in total. The maximum atomic E-state index is 13.0. The van der Waals surface area contributed by atoms with E-state index in [1.54, 1.807) is 0 Å². The van der Waals surface area contributed by atoms with E-state index in [9.17, 15) is 14.9 Å². The fourth-order valence-electron chi connectivity index (χ4n) is 3.24. The number of hydrogen-bond donors (Lipinski definition) is 0. The van der Waals surface area contributed by atoms with Crippen molar-refractivity contribution in [2.75, 3.05) is 5.75 Å². The molecular weight excluding hydrogens is 360 g/mol. The van der Waals surface area contributed by atoms with E-state index in [0.29, 0.717) is 12.2 Å². The molecule has 0 unspecified atom stereocenters. The minimum atomic E-state index is -0.636. The monoisotopic (exact) mass is 376 g/mol. The quantitative estimate of drug-likeness (QED) is 0.604. The van der Waals surface area contributed by atoms with Crippen LogP contribution < -0.4 is 0 Å². The summed E-state index contributed by atoms with van der Waals surface area (Å²) in [6.07, 6.45) is -0.224. The number of fused-ring (bicyclic) bond motifs is 1. The lowest BCUT2D eigenvalue weighted by Gasteiger charge is -2.43. The van der Waals surface area contributed by atoms with Crippen molar-refractivity contribution in [1.29, 1.82) is 5.26 Å². The first-order chi connectivity index (χ1) is 13.2. The van der Waals surface area contributed by atoms with E-state index in [2.05, 4.69) is 6.07 Å². The number of esters is 1. The Hall–Kier alpha value is -3.04. The molecule has 2 aromatic carbocycles. The first-order valence-electron chi connectivity index (χ1n) is 8.57. The van der Waals surface area contributed by atoms with Gasteiger partial charge in [0.25, 0.3) is 0 Å². The van der Waals surface area contributed by atoms with Crippen molar-refractivity contribution in [1.82, 2.24) is 4.90 Å². The molecule has 0 saturated carbocycles. The molecule has 2 aromatic rings. The summed E-state index contributed by atoms with van der Waals surface area (Å²) < 4.78 is 5.84. The van der Waals surface area contributed by atoms with Gasteiger partial charge in [-0.3, -0.25) is 9.69 Å². The van der Waals surface area contributed by atoms with Crippen LogP contribution in [0, 0.1) is 11.3 Å². The molecule has 5 nitrogen and oxygen atoms in total. The number of benzene rings is 2. The molecule has 0 bridgehead atoms. The SMILES string of the molecule is N#CC1=C(C(=O)OC(c2ccccc2)c2ccccc2)N2C(=O)C[C@@H]2SC1. The number of rotatable bonds is 4. The van der Waals surface area contributed by atoms with Crippen LogP contribution in [0.4, 0.5) is 0 Å². The van der Waals surface area contributed by atoms with Crippen molar-refractivity contribution in [3.05, 3.63) is 83.1 Å². The highest BCUT2D eigenvalue weighted by atomic mass is 32.2. The van der Waals surface area contributed by atoms with Crippen molar-refractivity contribution in [3.63, 3.8) is 0 Å². The van der Waals surface area contributed by atoms with Gasteiger partial charge >= 0.3 is 5.97 Å². The average molecular weight is 376 g/mol. The number of hydrogen-bond acceptors (Lipinski definition) is 5. The van der Waals surface area contributed by atoms with Crippen molar-refractivity contribution in [3.8, 4) is 6.07 Å². The van der Waals surface area contributed by atoms with E-state index < -0.39 is 12.1 Å². The largest absolute Gasteiger partial charge is 0.448 e. The third kappa shape index (κ3) is 3.22. The topological polar surface area (TPSA) is 70.4 Å². The molecule has 134 valence electrons. The van der Waals surface area contributed by atoms with Crippen molar-refractivity contribution >= 4 is 23.6 Å².